The average Bonchev–Trinajstić information content (AvgIpc) is 2.97. The Bertz CT molecular complexity index is 1170. The van der Waals surface area contributed by atoms with Gasteiger partial charge in [0, 0.05) is 36.8 Å². The molecule has 0 radical (unpaired) electrons. The van der Waals surface area contributed by atoms with Crippen molar-refractivity contribution in [2.45, 2.75) is 39.2 Å². The van der Waals surface area contributed by atoms with Crippen molar-refractivity contribution in [1.29, 1.82) is 0 Å². The molecule has 0 bridgehead atoms. The van der Waals surface area contributed by atoms with E-state index < -0.39 is 36.7 Å². The van der Waals surface area contributed by atoms with Gasteiger partial charge in [-0.05, 0) is 50.1 Å². The molecule has 1 aliphatic rings. The van der Waals surface area contributed by atoms with Gasteiger partial charge in [0.1, 0.15) is 17.2 Å². The first-order valence-electron chi connectivity index (χ1n) is 10.4. The fourth-order valence-electron chi connectivity index (χ4n) is 4.04. The molecule has 0 unspecified atom stereocenters. The normalized spacial score (nSPS) is 14.4. The number of nitrogens with zero attached hydrogens (tertiary/aromatic N) is 3. The number of nitrogens with one attached hydrogen (secondary N) is 1. The molecule has 2 aromatic heterocycles. The fourth-order valence-corrected chi connectivity index (χ4v) is 4.04. The Morgan fingerprint density at radius 2 is 1.94 bits per heavy atom. The van der Waals surface area contributed by atoms with Crippen molar-refractivity contribution in [2.75, 3.05) is 19.6 Å². The number of rotatable bonds is 6. The van der Waals surface area contributed by atoms with Gasteiger partial charge in [-0.2, -0.15) is 4.39 Å². The third kappa shape index (κ3) is 3.97. The van der Waals surface area contributed by atoms with Crippen LogP contribution >= 0.6 is 0 Å². The van der Waals surface area contributed by atoms with Crippen LogP contribution in [0.4, 0.5) is 17.6 Å². The summed E-state index contributed by atoms with van der Waals surface area (Å²) in [5, 5.41) is 3.19. The minimum Gasteiger partial charge on any atom is -0.330 e. The molecule has 3 heterocycles. The number of amides is 1. The lowest BCUT2D eigenvalue weighted by atomic mass is 9.90. The molecule has 1 N–H and O–H groups in total. The number of aryl methyl sites for hydroxylation is 1. The monoisotopic (exact) mass is 448 g/mol. The van der Waals surface area contributed by atoms with Crippen molar-refractivity contribution < 1.29 is 22.4 Å². The van der Waals surface area contributed by atoms with Crippen molar-refractivity contribution in [1.82, 2.24) is 19.6 Å². The van der Waals surface area contributed by atoms with Crippen LogP contribution in [0.15, 0.2) is 30.5 Å². The molecule has 0 saturated carbocycles. The number of pyridine rings is 1. The lowest BCUT2D eigenvalue weighted by Gasteiger charge is -2.29. The molecule has 1 aromatic carbocycles. The molecule has 1 amide bonds. The summed E-state index contributed by atoms with van der Waals surface area (Å²) in [5.41, 5.74) is 1.63. The maximum atomic E-state index is 14.8. The van der Waals surface area contributed by atoms with Gasteiger partial charge in [0.15, 0.2) is 0 Å². The molecule has 1 fully saturated rings. The second-order valence-electron chi connectivity index (χ2n) is 8.34. The number of fused-ring (bicyclic) bond motifs is 1. The Morgan fingerprint density at radius 1 is 1.22 bits per heavy atom. The van der Waals surface area contributed by atoms with E-state index >= 15 is 0 Å². The number of imidazole rings is 1. The number of carbonyl (C=O) groups excluding carboxylic acids is 1. The van der Waals surface area contributed by atoms with Gasteiger partial charge < -0.3 is 14.6 Å². The number of hydrogen-bond donors (Lipinski definition) is 1. The minimum atomic E-state index is -2.74. The Kier molecular flexibility index (Phi) is 5.94. The van der Waals surface area contributed by atoms with Gasteiger partial charge >= 0.3 is 0 Å². The zero-order chi connectivity index (χ0) is 23.2. The summed E-state index contributed by atoms with van der Waals surface area (Å²) in [6.07, 6.45) is -0.924. The second kappa shape index (κ2) is 8.54. The Morgan fingerprint density at radius 3 is 2.53 bits per heavy atom. The summed E-state index contributed by atoms with van der Waals surface area (Å²) in [7, 11) is 0. The van der Waals surface area contributed by atoms with E-state index in [2.05, 4.69) is 10.3 Å². The smallest absolute Gasteiger partial charge is 0.255 e. The number of carbonyl (C=O) groups is 1. The van der Waals surface area contributed by atoms with E-state index in [4.69, 9.17) is 0 Å². The van der Waals surface area contributed by atoms with Gasteiger partial charge in [-0.3, -0.25) is 4.79 Å². The lowest BCUT2D eigenvalue weighted by molar-refractivity contribution is 0.0476. The molecule has 1 aliphatic heterocycles. The predicted octanol–water partition coefficient (Wildman–Crippen LogP) is 4.39. The van der Waals surface area contributed by atoms with Gasteiger partial charge in [0.05, 0.1) is 12.1 Å². The topological polar surface area (TPSA) is 49.6 Å². The van der Waals surface area contributed by atoms with Crippen LogP contribution in [0.5, 0.6) is 0 Å². The minimum absolute atomic E-state index is 0.0941. The van der Waals surface area contributed by atoms with Crippen LogP contribution < -0.4 is 5.32 Å². The first-order valence-corrected chi connectivity index (χ1v) is 10.4. The quantitative estimate of drug-likeness (QED) is 0.569. The van der Waals surface area contributed by atoms with E-state index in [0.29, 0.717) is 11.4 Å². The summed E-state index contributed by atoms with van der Waals surface area (Å²) >= 11 is 0. The highest BCUT2D eigenvalue weighted by atomic mass is 19.3. The molecule has 170 valence electrons. The van der Waals surface area contributed by atoms with Gasteiger partial charge in [-0.25, -0.2) is 18.2 Å². The number of alkyl halides is 2. The molecule has 1 saturated heterocycles. The number of aromatic nitrogens is 2. The van der Waals surface area contributed by atoms with Gasteiger partial charge in [-0.1, -0.05) is 6.07 Å². The summed E-state index contributed by atoms with van der Waals surface area (Å²) in [6.45, 7) is 5.62. The lowest BCUT2D eigenvalue weighted by Crippen LogP contribution is -2.40. The van der Waals surface area contributed by atoms with Crippen molar-refractivity contribution in [2.24, 2.45) is 0 Å². The van der Waals surface area contributed by atoms with Crippen LogP contribution in [0.3, 0.4) is 0 Å². The van der Waals surface area contributed by atoms with Crippen LogP contribution in [0, 0.1) is 18.7 Å². The highest BCUT2D eigenvalue weighted by Gasteiger charge is 2.28. The molecule has 9 heteroatoms. The SMILES string of the molecule is Cc1nc(F)c2c(-c3ccc(F)cc3C(=O)N(CC(F)F)C(C)C)cc(C3CNC3)cn12. The maximum absolute atomic E-state index is 14.8. The molecule has 3 aromatic rings. The molecular formula is C23H24F4N4O. The standard InChI is InChI=1S/C23H24F4N4O/c1-12(2)30(11-20(25)26)23(32)19-7-16(24)4-5-17(19)18-6-14(15-8-28-9-15)10-31-13(3)29-22(27)21(18)31/h4-7,10,12,15,20,28H,8-9,11H2,1-3H3. The number of benzene rings is 1. The summed E-state index contributed by atoms with van der Waals surface area (Å²) in [5.74, 6) is -1.50. The zero-order valence-electron chi connectivity index (χ0n) is 18.0. The highest BCUT2D eigenvalue weighted by Crippen LogP contribution is 2.35. The molecule has 0 aliphatic carbocycles. The third-order valence-corrected chi connectivity index (χ3v) is 5.86. The fraction of sp³-hybridized carbons (Fsp3) is 0.391. The Balaban J connectivity index is 1.94. The van der Waals surface area contributed by atoms with Crippen molar-refractivity contribution >= 4 is 11.4 Å². The Hall–Kier alpha value is -2.94. The molecule has 0 atom stereocenters. The summed E-state index contributed by atoms with van der Waals surface area (Å²) in [6, 6.07) is 4.83. The second-order valence-corrected chi connectivity index (χ2v) is 8.34. The molecule has 0 spiro atoms. The summed E-state index contributed by atoms with van der Waals surface area (Å²) in [4.78, 5) is 18.2. The van der Waals surface area contributed by atoms with E-state index in [9.17, 15) is 22.4 Å². The predicted molar refractivity (Wildman–Crippen MR) is 113 cm³/mol. The zero-order valence-corrected chi connectivity index (χ0v) is 18.0. The number of hydrogen-bond acceptors (Lipinski definition) is 3. The van der Waals surface area contributed by atoms with Crippen molar-refractivity contribution in [3.05, 3.63) is 59.2 Å². The average molecular weight is 448 g/mol. The van der Waals surface area contributed by atoms with Crippen LogP contribution in [0.2, 0.25) is 0 Å². The van der Waals surface area contributed by atoms with Gasteiger partial charge in [-0.15, -0.1) is 0 Å². The largest absolute Gasteiger partial charge is 0.330 e. The first-order chi connectivity index (χ1) is 15.2. The maximum Gasteiger partial charge on any atom is 0.255 e. The molecule has 5 nitrogen and oxygen atoms in total. The number of halogens is 4. The van der Waals surface area contributed by atoms with Gasteiger partial charge in [0.2, 0.25) is 5.95 Å². The highest BCUT2D eigenvalue weighted by molar-refractivity contribution is 6.03. The van der Waals surface area contributed by atoms with Crippen molar-refractivity contribution in [3.8, 4) is 11.1 Å². The van der Waals surface area contributed by atoms with E-state index in [0.717, 1.165) is 29.6 Å². The molecular weight excluding hydrogens is 424 g/mol. The Labute approximate surface area is 183 Å². The van der Waals surface area contributed by atoms with Crippen LogP contribution in [-0.2, 0) is 0 Å². The van der Waals surface area contributed by atoms with E-state index in [1.807, 2.05) is 6.20 Å². The van der Waals surface area contributed by atoms with Crippen molar-refractivity contribution in [3.63, 3.8) is 0 Å². The molecule has 32 heavy (non-hydrogen) atoms. The van der Waals surface area contributed by atoms with E-state index in [1.165, 1.54) is 12.1 Å². The van der Waals surface area contributed by atoms with Crippen LogP contribution in [0.1, 0.15) is 41.5 Å². The first kappa shape index (κ1) is 22.3. The molecule has 4 rings (SSSR count). The van der Waals surface area contributed by atoms with Crippen LogP contribution in [-0.4, -0.2) is 52.3 Å². The third-order valence-electron chi connectivity index (χ3n) is 5.86. The van der Waals surface area contributed by atoms with E-state index in [-0.39, 0.29) is 22.6 Å². The van der Waals surface area contributed by atoms with E-state index in [1.54, 1.807) is 31.2 Å². The van der Waals surface area contributed by atoms with Crippen LogP contribution in [0.25, 0.3) is 16.6 Å². The summed E-state index contributed by atoms with van der Waals surface area (Å²) < 4.78 is 56.9. The van der Waals surface area contributed by atoms with Gasteiger partial charge in [0.25, 0.3) is 12.3 Å².